The molecule has 0 unspecified atom stereocenters. The van der Waals surface area contributed by atoms with Crippen molar-refractivity contribution in [2.24, 2.45) is 0 Å². The molecule has 1 aliphatic heterocycles. The SMILES string of the molecule is COc1ncccc1CNCc1cc(Br)c2c(c1)OCCCO2. The number of nitrogens with zero attached hydrogens (tertiary/aromatic N) is 1. The third-order valence-corrected chi connectivity index (χ3v) is 4.14. The minimum atomic E-state index is 0.653. The lowest BCUT2D eigenvalue weighted by Gasteiger charge is -2.13. The van der Waals surface area contributed by atoms with Crippen molar-refractivity contribution in [3.8, 4) is 17.4 Å². The molecular weight excluding hydrogens is 360 g/mol. The Hall–Kier alpha value is -1.79. The van der Waals surface area contributed by atoms with Crippen LogP contribution in [0.5, 0.6) is 17.4 Å². The van der Waals surface area contributed by atoms with E-state index in [4.69, 9.17) is 14.2 Å². The average molecular weight is 379 g/mol. The summed E-state index contributed by atoms with van der Waals surface area (Å²) in [5, 5.41) is 3.41. The van der Waals surface area contributed by atoms with Crippen LogP contribution in [0, 0.1) is 0 Å². The first-order valence-electron chi connectivity index (χ1n) is 7.54. The fraction of sp³-hybridized carbons (Fsp3) is 0.353. The molecule has 122 valence electrons. The maximum atomic E-state index is 5.76. The Bertz CT molecular complexity index is 679. The fourth-order valence-corrected chi connectivity index (χ4v) is 3.07. The topological polar surface area (TPSA) is 52.6 Å². The molecule has 23 heavy (non-hydrogen) atoms. The first kappa shape index (κ1) is 16.1. The maximum Gasteiger partial charge on any atom is 0.217 e. The number of halogens is 1. The van der Waals surface area contributed by atoms with Gasteiger partial charge in [0.1, 0.15) is 0 Å². The molecule has 6 heteroatoms. The monoisotopic (exact) mass is 378 g/mol. The zero-order valence-electron chi connectivity index (χ0n) is 13.0. The Morgan fingerprint density at radius 2 is 2.13 bits per heavy atom. The Balaban J connectivity index is 1.67. The van der Waals surface area contributed by atoms with Crippen molar-refractivity contribution in [3.63, 3.8) is 0 Å². The summed E-state index contributed by atoms with van der Waals surface area (Å²) >= 11 is 3.56. The van der Waals surface area contributed by atoms with Crippen LogP contribution in [0.15, 0.2) is 34.9 Å². The lowest BCUT2D eigenvalue weighted by Crippen LogP contribution is -2.14. The lowest BCUT2D eigenvalue weighted by atomic mass is 10.2. The Kier molecular flexibility index (Phi) is 5.35. The van der Waals surface area contributed by atoms with E-state index in [1.165, 1.54) is 0 Å². The molecule has 3 rings (SSSR count). The van der Waals surface area contributed by atoms with Crippen LogP contribution >= 0.6 is 15.9 Å². The number of rotatable bonds is 5. The van der Waals surface area contributed by atoms with E-state index in [-0.39, 0.29) is 0 Å². The summed E-state index contributed by atoms with van der Waals surface area (Å²) < 4.78 is 17.7. The fourth-order valence-electron chi connectivity index (χ4n) is 2.47. The number of ether oxygens (including phenoxy) is 3. The van der Waals surface area contributed by atoms with Gasteiger partial charge in [-0.25, -0.2) is 4.98 Å². The smallest absolute Gasteiger partial charge is 0.217 e. The third kappa shape index (κ3) is 3.95. The largest absolute Gasteiger partial charge is 0.490 e. The van der Waals surface area contributed by atoms with Gasteiger partial charge < -0.3 is 19.5 Å². The van der Waals surface area contributed by atoms with Crippen LogP contribution in [0.2, 0.25) is 0 Å². The van der Waals surface area contributed by atoms with E-state index in [0.717, 1.165) is 33.5 Å². The Morgan fingerprint density at radius 3 is 3.00 bits per heavy atom. The normalized spacial score (nSPS) is 13.5. The van der Waals surface area contributed by atoms with Crippen LogP contribution in [0.25, 0.3) is 0 Å². The summed E-state index contributed by atoms with van der Waals surface area (Å²) in [6, 6.07) is 7.99. The van der Waals surface area contributed by atoms with Crippen LogP contribution in [0.3, 0.4) is 0 Å². The van der Waals surface area contributed by atoms with E-state index in [1.54, 1.807) is 13.3 Å². The van der Waals surface area contributed by atoms with Gasteiger partial charge in [0.25, 0.3) is 0 Å². The van der Waals surface area contributed by atoms with Gasteiger partial charge in [-0.05, 0) is 39.7 Å². The van der Waals surface area contributed by atoms with Crippen LogP contribution in [-0.2, 0) is 13.1 Å². The third-order valence-electron chi connectivity index (χ3n) is 3.55. The Labute approximate surface area is 144 Å². The summed E-state index contributed by atoms with van der Waals surface area (Å²) in [5.41, 5.74) is 2.16. The van der Waals surface area contributed by atoms with Crippen molar-refractivity contribution in [1.82, 2.24) is 10.3 Å². The molecule has 0 spiro atoms. The molecule has 2 heterocycles. The lowest BCUT2D eigenvalue weighted by molar-refractivity contribution is 0.296. The zero-order chi connectivity index (χ0) is 16.1. The van der Waals surface area contributed by atoms with Gasteiger partial charge in [-0.2, -0.15) is 0 Å². The van der Waals surface area contributed by atoms with Crippen LogP contribution < -0.4 is 19.5 Å². The molecule has 1 aliphatic rings. The number of aromatic nitrogens is 1. The standard InChI is InChI=1S/C17H19BrN2O3/c1-21-17-13(4-2-5-20-17)11-19-10-12-8-14(18)16-15(9-12)22-6-3-7-23-16/h2,4-5,8-9,19H,3,6-7,10-11H2,1H3. The van der Waals surface area contributed by atoms with E-state index in [2.05, 4.69) is 32.3 Å². The molecule has 1 N–H and O–H groups in total. The molecule has 0 bridgehead atoms. The predicted molar refractivity (Wildman–Crippen MR) is 91.1 cm³/mol. The highest BCUT2D eigenvalue weighted by Gasteiger charge is 2.15. The van der Waals surface area contributed by atoms with Gasteiger partial charge in [-0.1, -0.05) is 6.07 Å². The van der Waals surface area contributed by atoms with E-state index in [1.807, 2.05) is 18.2 Å². The highest BCUT2D eigenvalue weighted by molar-refractivity contribution is 9.10. The molecule has 0 radical (unpaired) electrons. The number of hydrogen-bond acceptors (Lipinski definition) is 5. The van der Waals surface area contributed by atoms with Crippen LogP contribution in [0.1, 0.15) is 17.5 Å². The molecule has 5 nitrogen and oxygen atoms in total. The van der Waals surface area contributed by atoms with Crippen molar-refractivity contribution >= 4 is 15.9 Å². The summed E-state index contributed by atoms with van der Waals surface area (Å²) in [4.78, 5) is 4.20. The van der Waals surface area contributed by atoms with Gasteiger partial charge >= 0.3 is 0 Å². The second kappa shape index (κ2) is 7.66. The number of hydrogen-bond donors (Lipinski definition) is 1. The van der Waals surface area contributed by atoms with E-state index >= 15 is 0 Å². The van der Waals surface area contributed by atoms with Gasteiger partial charge in [-0.15, -0.1) is 0 Å². The predicted octanol–water partition coefficient (Wildman–Crippen LogP) is 3.30. The molecule has 0 amide bonds. The van der Waals surface area contributed by atoms with Crippen molar-refractivity contribution < 1.29 is 14.2 Å². The first-order valence-corrected chi connectivity index (χ1v) is 8.34. The van der Waals surface area contributed by atoms with Crippen molar-refractivity contribution in [1.29, 1.82) is 0 Å². The molecule has 0 saturated heterocycles. The number of benzene rings is 1. The molecule has 1 aromatic carbocycles. The molecule has 0 atom stereocenters. The summed E-state index contributed by atoms with van der Waals surface area (Å²) in [6.45, 7) is 2.77. The second-order valence-corrected chi connectivity index (χ2v) is 6.09. The van der Waals surface area contributed by atoms with Gasteiger partial charge in [0.2, 0.25) is 5.88 Å². The highest BCUT2D eigenvalue weighted by Crippen LogP contribution is 2.38. The summed E-state index contributed by atoms with van der Waals surface area (Å²) in [7, 11) is 1.63. The zero-order valence-corrected chi connectivity index (χ0v) is 14.6. The van der Waals surface area contributed by atoms with Crippen LogP contribution in [-0.4, -0.2) is 25.3 Å². The number of pyridine rings is 1. The number of nitrogens with one attached hydrogen (secondary N) is 1. The molecule has 0 saturated carbocycles. The number of fused-ring (bicyclic) bond motifs is 1. The van der Waals surface area contributed by atoms with Crippen LogP contribution in [0.4, 0.5) is 0 Å². The second-order valence-electron chi connectivity index (χ2n) is 5.23. The highest BCUT2D eigenvalue weighted by atomic mass is 79.9. The van der Waals surface area contributed by atoms with E-state index in [0.29, 0.717) is 32.2 Å². The minimum absolute atomic E-state index is 0.653. The molecule has 0 aliphatic carbocycles. The number of methoxy groups -OCH3 is 1. The van der Waals surface area contributed by atoms with E-state index < -0.39 is 0 Å². The van der Waals surface area contributed by atoms with Gasteiger partial charge in [0.15, 0.2) is 11.5 Å². The molecule has 0 fully saturated rings. The summed E-state index contributed by atoms with van der Waals surface area (Å²) in [6.07, 6.45) is 2.62. The Morgan fingerprint density at radius 1 is 1.26 bits per heavy atom. The van der Waals surface area contributed by atoms with Gasteiger partial charge in [0, 0.05) is 31.3 Å². The van der Waals surface area contributed by atoms with Gasteiger partial charge in [0.05, 0.1) is 24.8 Å². The van der Waals surface area contributed by atoms with Gasteiger partial charge in [-0.3, -0.25) is 0 Å². The first-order chi connectivity index (χ1) is 11.3. The summed E-state index contributed by atoms with van der Waals surface area (Å²) in [5.74, 6) is 2.24. The molecule has 2 aromatic rings. The van der Waals surface area contributed by atoms with Crippen molar-refractivity contribution in [3.05, 3.63) is 46.1 Å². The average Bonchev–Trinajstić information content (AvgIpc) is 2.81. The molecular formula is C17H19BrN2O3. The minimum Gasteiger partial charge on any atom is -0.490 e. The quantitative estimate of drug-likeness (QED) is 0.864. The maximum absolute atomic E-state index is 5.76. The van der Waals surface area contributed by atoms with E-state index in [9.17, 15) is 0 Å². The van der Waals surface area contributed by atoms with Crippen molar-refractivity contribution in [2.45, 2.75) is 19.5 Å². The van der Waals surface area contributed by atoms with Crippen molar-refractivity contribution in [2.75, 3.05) is 20.3 Å². The molecule has 1 aromatic heterocycles.